The van der Waals surface area contributed by atoms with E-state index in [9.17, 15) is 20.1 Å². The molecule has 1 aliphatic heterocycles. The second kappa shape index (κ2) is 13.4. The summed E-state index contributed by atoms with van der Waals surface area (Å²) in [5, 5.41) is 25.7. The Labute approximate surface area is 259 Å². The summed E-state index contributed by atoms with van der Waals surface area (Å²) >= 11 is 1.33. The van der Waals surface area contributed by atoms with Crippen LogP contribution in [0.2, 0.25) is 0 Å². The van der Waals surface area contributed by atoms with Gasteiger partial charge in [-0.3, -0.25) is 14.6 Å². The number of hydrogen-bond acceptors (Lipinski definition) is 9. The fourth-order valence-electron chi connectivity index (χ4n) is 2.37. The Morgan fingerprint density at radius 1 is 0.759 bits per heavy atom. The van der Waals surface area contributed by atoms with E-state index in [-0.39, 0.29) is 108 Å². The van der Waals surface area contributed by atoms with Crippen LogP contribution in [-0.4, -0.2) is 11.8 Å². The molecule has 13 heteroatoms. The van der Waals surface area contributed by atoms with Crippen LogP contribution in [0.4, 0.5) is 11.4 Å². The van der Waals surface area contributed by atoms with Crippen molar-refractivity contribution in [3.8, 4) is 0 Å². The molecule has 0 saturated carbocycles. The molecular formula is C16H10K2N2O7S2. The van der Waals surface area contributed by atoms with Gasteiger partial charge in [0.25, 0.3) is 11.8 Å². The summed E-state index contributed by atoms with van der Waals surface area (Å²) in [6, 6.07) is 12.6. The van der Waals surface area contributed by atoms with Crippen molar-refractivity contribution in [2.45, 2.75) is 9.79 Å². The van der Waals surface area contributed by atoms with Crippen molar-refractivity contribution in [3.05, 3.63) is 60.7 Å². The van der Waals surface area contributed by atoms with Gasteiger partial charge in [-0.05, 0) is 48.5 Å². The molecule has 2 amide bonds. The third-order valence-electron chi connectivity index (χ3n) is 3.55. The zero-order chi connectivity index (χ0) is 19.4. The molecule has 0 aliphatic carbocycles. The third-order valence-corrected chi connectivity index (χ3v) is 4.67. The molecule has 0 atom stereocenters. The van der Waals surface area contributed by atoms with E-state index in [0.29, 0.717) is 45.3 Å². The summed E-state index contributed by atoms with van der Waals surface area (Å²) in [5.41, 5.74) is 0.627. The third kappa shape index (κ3) is 6.69. The fraction of sp³-hybridized carbons (Fsp3) is 0. The Balaban J connectivity index is 0.00000210. The number of carbonyl (C=O) groups is 2. The number of amides is 2. The molecule has 0 unspecified atom stereocenters. The van der Waals surface area contributed by atoms with Crippen molar-refractivity contribution in [2.24, 2.45) is 0 Å². The average molecular weight is 485 g/mol. The molecule has 3 rings (SSSR count). The van der Waals surface area contributed by atoms with E-state index >= 15 is 0 Å². The quantitative estimate of drug-likeness (QED) is 0.0952. The van der Waals surface area contributed by atoms with Crippen LogP contribution in [-0.2, 0) is 23.3 Å². The van der Waals surface area contributed by atoms with Crippen LogP contribution in [0.5, 0.6) is 0 Å². The van der Waals surface area contributed by atoms with Crippen molar-refractivity contribution < 1.29 is 137 Å². The van der Waals surface area contributed by atoms with Gasteiger partial charge in [0.2, 0.25) is 0 Å². The molecule has 1 saturated heterocycles. The molecule has 0 radical (unpaired) electrons. The summed E-state index contributed by atoms with van der Waals surface area (Å²) in [4.78, 5) is 26.2. The number of rotatable bonds is 7. The Kier molecular flexibility index (Phi) is 12.9. The van der Waals surface area contributed by atoms with Gasteiger partial charge in [0.15, 0.2) is 0 Å². The van der Waals surface area contributed by atoms with Crippen molar-refractivity contribution in [3.63, 3.8) is 0 Å². The first-order chi connectivity index (χ1) is 13.1. The molecule has 0 spiro atoms. The van der Waals surface area contributed by atoms with Gasteiger partial charge in [-0.1, -0.05) is 6.58 Å². The minimum absolute atomic E-state index is 0. The summed E-state index contributed by atoms with van der Waals surface area (Å²) in [7, 11) is 0. The van der Waals surface area contributed by atoms with E-state index in [1.54, 1.807) is 48.5 Å². The van der Waals surface area contributed by atoms with Crippen molar-refractivity contribution in [2.75, 3.05) is 10.0 Å². The molecule has 1 aliphatic rings. The molecule has 1 heterocycles. The maximum Gasteiger partial charge on any atom is 1.00 e. The van der Waals surface area contributed by atoms with Crippen LogP contribution in [0, 0.1) is 0 Å². The summed E-state index contributed by atoms with van der Waals surface area (Å²) in [5.74, 6) is -1.14. The maximum atomic E-state index is 12.5. The van der Waals surface area contributed by atoms with Crippen LogP contribution >= 0.6 is 24.1 Å². The summed E-state index contributed by atoms with van der Waals surface area (Å²) < 4.78 is 7.97. The molecule has 0 aromatic heterocycles. The van der Waals surface area contributed by atoms with E-state index < -0.39 is 11.8 Å². The topological polar surface area (TPSA) is 114 Å². The number of hydrazine groups is 1. The SMILES string of the molecule is C=C1C(=O)N(c2ccc(SO[O-])cc2)N(c2ccc(SOO[O-])cc2)C1=O.[K+].[K+]. The van der Waals surface area contributed by atoms with E-state index in [1.165, 1.54) is 10.0 Å². The van der Waals surface area contributed by atoms with Gasteiger partial charge in [-0.25, -0.2) is 10.0 Å². The van der Waals surface area contributed by atoms with E-state index in [0.717, 1.165) is 0 Å². The first-order valence-electron chi connectivity index (χ1n) is 7.24. The van der Waals surface area contributed by atoms with Gasteiger partial charge < -0.3 is 14.8 Å². The van der Waals surface area contributed by atoms with Crippen LogP contribution in [0.25, 0.3) is 0 Å². The Bertz CT molecular complexity index is 869. The predicted octanol–water partition coefficient (Wildman–Crippen LogP) is -4.92. The smallest absolute Gasteiger partial charge is 0.710 e. The van der Waals surface area contributed by atoms with Crippen molar-refractivity contribution >= 4 is 47.3 Å². The Morgan fingerprint density at radius 2 is 1.17 bits per heavy atom. The minimum atomic E-state index is -0.569. The van der Waals surface area contributed by atoms with E-state index in [1.807, 2.05) is 0 Å². The summed E-state index contributed by atoms with van der Waals surface area (Å²) in [6.45, 7) is 3.55. The fourth-order valence-corrected chi connectivity index (χ4v) is 3.05. The minimum Gasteiger partial charge on any atom is -0.710 e. The molecule has 140 valence electrons. The molecule has 29 heavy (non-hydrogen) atoms. The molecule has 2 aromatic rings. The zero-order valence-electron chi connectivity index (χ0n) is 15.4. The monoisotopic (exact) mass is 484 g/mol. The van der Waals surface area contributed by atoms with Gasteiger partial charge >= 0.3 is 103 Å². The number of hydrogen-bond donors (Lipinski definition) is 0. The number of carbonyl (C=O) groups excluding carboxylic acids is 2. The van der Waals surface area contributed by atoms with Crippen molar-refractivity contribution in [1.29, 1.82) is 0 Å². The van der Waals surface area contributed by atoms with Gasteiger partial charge in [0.1, 0.15) is 5.57 Å². The largest absolute Gasteiger partial charge is 1.00 e. The standard InChI is InChI=1S/C16H12N2O7S2.2K/c1-10-15(19)17(11-2-6-13(7-3-11)26-24-22)18(16(10)20)12-4-8-14(9-5-12)27-25-23-21;;/h2-9,21-22H,1H2;;/q;2*+1/p-2. The second-order valence-electron chi connectivity index (χ2n) is 5.07. The normalized spacial score (nSPS) is 13.4. The van der Waals surface area contributed by atoms with Crippen LogP contribution < -0.4 is 123 Å². The molecule has 1 fully saturated rings. The second-order valence-corrected chi connectivity index (χ2v) is 6.62. The van der Waals surface area contributed by atoms with Gasteiger partial charge in [0.05, 0.1) is 23.4 Å². The van der Waals surface area contributed by atoms with Crippen LogP contribution in [0.15, 0.2) is 70.5 Å². The van der Waals surface area contributed by atoms with E-state index in [4.69, 9.17) is 0 Å². The molecule has 0 N–H and O–H groups in total. The van der Waals surface area contributed by atoms with Crippen LogP contribution in [0.3, 0.4) is 0 Å². The Hall–Kier alpha value is 0.893. The Morgan fingerprint density at radius 3 is 1.55 bits per heavy atom. The first kappa shape index (κ1) is 27.9. The molecular weight excluding hydrogens is 475 g/mol. The summed E-state index contributed by atoms with van der Waals surface area (Å²) in [6.07, 6.45) is 0. The van der Waals surface area contributed by atoms with Crippen LogP contribution in [0.1, 0.15) is 0 Å². The average Bonchev–Trinajstić information content (AvgIpc) is 2.92. The van der Waals surface area contributed by atoms with Gasteiger partial charge in [0, 0.05) is 21.8 Å². The maximum absolute atomic E-state index is 12.5. The molecule has 0 bridgehead atoms. The van der Waals surface area contributed by atoms with E-state index in [2.05, 4.69) is 20.3 Å². The van der Waals surface area contributed by atoms with Crippen molar-refractivity contribution in [1.82, 2.24) is 0 Å². The number of anilines is 2. The number of benzene rings is 2. The van der Waals surface area contributed by atoms with Gasteiger partial charge in [-0.2, -0.15) is 4.33 Å². The first-order valence-corrected chi connectivity index (χ1v) is 8.72. The van der Waals surface area contributed by atoms with Gasteiger partial charge in [-0.15, -0.1) is 0 Å². The number of nitrogens with zero attached hydrogens (tertiary/aromatic N) is 2. The molecule has 9 nitrogen and oxygen atoms in total. The predicted molar refractivity (Wildman–Crippen MR) is 92.0 cm³/mol. The zero-order valence-corrected chi connectivity index (χ0v) is 23.3. The molecule has 2 aromatic carbocycles.